The van der Waals surface area contributed by atoms with Gasteiger partial charge in [0, 0.05) is 54.4 Å². The Morgan fingerprint density at radius 1 is 1.34 bits per heavy atom. The number of H-pyrrole nitrogens is 1. The number of hydrogen-bond donors (Lipinski definition) is 3. The maximum absolute atomic E-state index is 11.5. The number of aromatic amines is 1. The standard InChI is InChI=1S/C26H31ClN6O2/c1-2-24(34)29-13-19-16-33(10-11-35-19)18-7-5-6-17(12-18)31-26-30-15-22(27)25(32-26)21-14-28-23-9-4-3-8-20(21)23/h2-4,8-9,14-15,17-19,28H,1,5-7,10-13,16H2,(H,29,34)(H,30,31,32)/t17-,18+,19?/m1/s1. The van der Waals surface area contributed by atoms with Crippen molar-refractivity contribution < 1.29 is 9.53 Å². The molecule has 1 saturated carbocycles. The highest BCUT2D eigenvalue weighted by Gasteiger charge is 2.31. The van der Waals surface area contributed by atoms with Crippen molar-refractivity contribution in [1.82, 2.24) is 25.2 Å². The van der Waals surface area contributed by atoms with Gasteiger partial charge >= 0.3 is 0 Å². The molecule has 2 aliphatic rings. The van der Waals surface area contributed by atoms with Gasteiger partial charge in [0.05, 0.1) is 29.6 Å². The number of fused-ring (bicyclic) bond motifs is 1. The first kappa shape index (κ1) is 23.8. The number of anilines is 1. The molecule has 8 nitrogen and oxygen atoms in total. The molecule has 1 aliphatic carbocycles. The fourth-order valence-corrected chi connectivity index (χ4v) is 5.38. The Bertz CT molecular complexity index is 1200. The lowest BCUT2D eigenvalue weighted by atomic mass is 9.89. The predicted molar refractivity (Wildman–Crippen MR) is 139 cm³/mol. The molecule has 9 heteroatoms. The van der Waals surface area contributed by atoms with Gasteiger partial charge in [0.25, 0.3) is 0 Å². The maximum Gasteiger partial charge on any atom is 0.243 e. The monoisotopic (exact) mass is 494 g/mol. The number of benzene rings is 1. The topological polar surface area (TPSA) is 95.2 Å². The van der Waals surface area contributed by atoms with Gasteiger partial charge < -0.3 is 20.4 Å². The molecule has 1 unspecified atom stereocenters. The van der Waals surface area contributed by atoms with Gasteiger partial charge in [-0.25, -0.2) is 9.97 Å². The van der Waals surface area contributed by atoms with Gasteiger partial charge in [-0.15, -0.1) is 0 Å². The molecule has 1 aromatic carbocycles. The van der Waals surface area contributed by atoms with E-state index < -0.39 is 0 Å². The van der Waals surface area contributed by atoms with Crippen LogP contribution in [0.4, 0.5) is 5.95 Å². The van der Waals surface area contributed by atoms with Crippen molar-refractivity contribution in [1.29, 1.82) is 0 Å². The van der Waals surface area contributed by atoms with Crippen molar-refractivity contribution in [3.8, 4) is 11.3 Å². The van der Waals surface area contributed by atoms with Gasteiger partial charge in [-0.1, -0.05) is 36.4 Å². The first-order valence-electron chi connectivity index (χ1n) is 12.2. The third-order valence-corrected chi connectivity index (χ3v) is 7.22. The summed E-state index contributed by atoms with van der Waals surface area (Å²) in [4.78, 5) is 26.6. The fourth-order valence-electron chi connectivity index (χ4n) is 5.19. The third-order valence-electron chi connectivity index (χ3n) is 6.94. The van der Waals surface area contributed by atoms with E-state index in [1.54, 1.807) is 6.20 Å². The van der Waals surface area contributed by atoms with E-state index >= 15 is 0 Å². The zero-order chi connectivity index (χ0) is 24.2. The molecule has 5 rings (SSSR count). The summed E-state index contributed by atoms with van der Waals surface area (Å²) in [6, 6.07) is 8.87. The molecular weight excluding hydrogens is 464 g/mol. The number of ether oxygens (including phenoxy) is 1. The number of carbonyl (C=O) groups is 1. The molecule has 3 heterocycles. The van der Waals surface area contributed by atoms with Crippen LogP contribution < -0.4 is 10.6 Å². The third kappa shape index (κ3) is 5.50. The quantitative estimate of drug-likeness (QED) is 0.430. The number of morpholine rings is 1. The Labute approximate surface area is 210 Å². The summed E-state index contributed by atoms with van der Waals surface area (Å²) in [5.74, 6) is 0.440. The Kier molecular flexibility index (Phi) is 7.32. The average Bonchev–Trinajstić information content (AvgIpc) is 3.33. The van der Waals surface area contributed by atoms with Gasteiger partial charge in [0.1, 0.15) is 0 Å². The molecular formula is C26H31ClN6O2. The van der Waals surface area contributed by atoms with E-state index in [1.807, 2.05) is 24.4 Å². The highest BCUT2D eigenvalue weighted by atomic mass is 35.5. The molecule has 1 saturated heterocycles. The minimum Gasteiger partial charge on any atom is -0.374 e. The van der Waals surface area contributed by atoms with Crippen LogP contribution in [0.25, 0.3) is 22.2 Å². The van der Waals surface area contributed by atoms with Gasteiger partial charge in [0.15, 0.2) is 0 Å². The summed E-state index contributed by atoms with van der Waals surface area (Å²) in [5, 5.41) is 8.04. The summed E-state index contributed by atoms with van der Waals surface area (Å²) in [6.07, 6.45) is 9.31. The van der Waals surface area contributed by atoms with Crippen LogP contribution in [0.2, 0.25) is 5.02 Å². The molecule has 0 bridgehead atoms. The Balaban J connectivity index is 1.24. The zero-order valence-electron chi connectivity index (χ0n) is 19.7. The van der Waals surface area contributed by atoms with E-state index in [1.165, 1.54) is 6.08 Å². The summed E-state index contributed by atoms with van der Waals surface area (Å²) in [5.41, 5.74) is 2.75. The number of rotatable bonds is 7. The van der Waals surface area contributed by atoms with Crippen molar-refractivity contribution >= 4 is 34.4 Å². The van der Waals surface area contributed by atoms with E-state index in [0.29, 0.717) is 30.2 Å². The number of nitrogens with zero attached hydrogens (tertiary/aromatic N) is 3. The largest absolute Gasteiger partial charge is 0.374 e. The number of amides is 1. The second kappa shape index (κ2) is 10.8. The SMILES string of the molecule is C=CC(=O)NCC1CN([C@H]2CCC[C@@H](Nc3ncc(Cl)c(-c4c[nH]c5ccccc45)n3)C2)CCO1. The molecule has 3 aromatic rings. The van der Waals surface area contributed by atoms with Crippen molar-refractivity contribution in [3.05, 3.63) is 54.3 Å². The Morgan fingerprint density at radius 2 is 2.23 bits per heavy atom. The van der Waals surface area contributed by atoms with Crippen molar-refractivity contribution in [2.45, 2.75) is 43.9 Å². The van der Waals surface area contributed by atoms with Crippen LogP contribution in [0.15, 0.2) is 49.3 Å². The minimum atomic E-state index is -0.164. The number of carbonyl (C=O) groups excluding carboxylic acids is 1. The summed E-state index contributed by atoms with van der Waals surface area (Å²) in [7, 11) is 0. The molecule has 1 aliphatic heterocycles. The Hall–Kier alpha value is -2.94. The second-order valence-electron chi connectivity index (χ2n) is 9.24. The molecule has 3 atom stereocenters. The molecule has 0 radical (unpaired) electrons. The first-order valence-corrected chi connectivity index (χ1v) is 12.6. The minimum absolute atomic E-state index is 0.000633. The van der Waals surface area contributed by atoms with Gasteiger partial charge in [-0.2, -0.15) is 0 Å². The van der Waals surface area contributed by atoms with Gasteiger partial charge in [0.2, 0.25) is 11.9 Å². The molecule has 0 spiro atoms. The second-order valence-corrected chi connectivity index (χ2v) is 9.64. The molecule has 35 heavy (non-hydrogen) atoms. The zero-order valence-corrected chi connectivity index (χ0v) is 20.4. The van der Waals surface area contributed by atoms with Crippen LogP contribution in [0, 0.1) is 0 Å². The summed E-state index contributed by atoms with van der Waals surface area (Å²) < 4.78 is 5.87. The van der Waals surface area contributed by atoms with Crippen LogP contribution in [0.5, 0.6) is 0 Å². The summed E-state index contributed by atoms with van der Waals surface area (Å²) in [6.45, 7) is 6.41. The molecule has 2 fully saturated rings. The van der Waals surface area contributed by atoms with Crippen molar-refractivity contribution in [3.63, 3.8) is 0 Å². The smallest absolute Gasteiger partial charge is 0.243 e. The van der Waals surface area contributed by atoms with Crippen LogP contribution in [0.1, 0.15) is 25.7 Å². The highest BCUT2D eigenvalue weighted by molar-refractivity contribution is 6.33. The van der Waals surface area contributed by atoms with E-state index in [4.69, 9.17) is 21.3 Å². The number of para-hydroxylation sites is 1. The number of hydrogen-bond acceptors (Lipinski definition) is 6. The number of aromatic nitrogens is 3. The van der Waals surface area contributed by atoms with E-state index in [2.05, 4.69) is 38.1 Å². The van der Waals surface area contributed by atoms with Crippen LogP contribution in [-0.2, 0) is 9.53 Å². The van der Waals surface area contributed by atoms with Gasteiger partial charge in [-0.3, -0.25) is 9.69 Å². The van der Waals surface area contributed by atoms with Crippen LogP contribution >= 0.6 is 11.6 Å². The van der Waals surface area contributed by atoms with Crippen molar-refractivity contribution in [2.24, 2.45) is 0 Å². The van der Waals surface area contributed by atoms with E-state index in [-0.39, 0.29) is 18.1 Å². The van der Waals surface area contributed by atoms with Crippen LogP contribution in [0.3, 0.4) is 0 Å². The molecule has 1 amide bonds. The summed E-state index contributed by atoms with van der Waals surface area (Å²) >= 11 is 6.51. The first-order chi connectivity index (χ1) is 17.1. The predicted octanol–water partition coefficient (Wildman–Crippen LogP) is 4.00. The normalized spacial score (nSPS) is 23.2. The highest BCUT2D eigenvalue weighted by Crippen LogP contribution is 2.33. The average molecular weight is 495 g/mol. The lowest BCUT2D eigenvalue weighted by Crippen LogP contribution is -2.52. The lowest BCUT2D eigenvalue weighted by molar-refractivity contribution is -0.117. The number of nitrogens with one attached hydrogen (secondary N) is 3. The van der Waals surface area contributed by atoms with E-state index in [9.17, 15) is 4.79 Å². The van der Waals surface area contributed by atoms with E-state index in [0.717, 1.165) is 60.9 Å². The fraction of sp³-hybridized carbons (Fsp3) is 0.423. The Morgan fingerprint density at radius 3 is 3.11 bits per heavy atom. The van der Waals surface area contributed by atoms with Gasteiger partial charge in [-0.05, 0) is 37.8 Å². The van der Waals surface area contributed by atoms with Crippen molar-refractivity contribution in [2.75, 3.05) is 31.6 Å². The number of halogens is 1. The maximum atomic E-state index is 11.5. The lowest BCUT2D eigenvalue weighted by Gasteiger charge is -2.42. The molecule has 3 N–H and O–H groups in total. The molecule has 2 aromatic heterocycles. The van der Waals surface area contributed by atoms with Crippen LogP contribution in [-0.4, -0.2) is 70.2 Å². The molecule has 184 valence electrons.